The van der Waals surface area contributed by atoms with Gasteiger partial charge in [0.05, 0.1) is 13.7 Å². The average molecular weight is 434 g/mol. The molecule has 0 aliphatic carbocycles. The Labute approximate surface area is 176 Å². The largest absolute Gasteiger partial charge is 0.465 e. The van der Waals surface area contributed by atoms with Crippen LogP contribution in [-0.2, 0) is 23.7 Å². The van der Waals surface area contributed by atoms with Crippen LogP contribution < -0.4 is 10.7 Å². The maximum absolute atomic E-state index is 13.1. The molecule has 2 aliphatic heterocycles. The molecular weight excluding hydrogens is 412 g/mol. The van der Waals surface area contributed by atoms with Crippen LogP contribution in [0.1, 0.15) is 37.4 Å². The standard InChI is InChI=1S/C19H22N4O8/c1-8(25)22-15-11-12(26)9(18(27)28-4)5-23(16(11)21-7-20-15)17-14-13(10(6-24)29-17)30-19(2,3)31-14/h5,7,10,13-14,17,24H,6H2,1-4H3,(H,20,21,22,25)/t10-,13-,14?,17?/m1/s1. The summed E-state index contributed by atoms with van der Waals surface area (Å²) in [6, 6.07) is 0. The van der Waals surface area contributed by atoms with Gasteiger partial charge in [0, 0.05) is 13.1 Å². The van der Waals surface area contributed by atoms with Crippen molar-refractivity contribution >= 4 is 28.7 Å². The Morgan fingerprint density at radius 3 is 2.65 bits per heavy atom. The van der Waals surface area contributed by atoms with Crippen LogP contribution in [0.2, 0.25) is 0 Å². The van der Waals surface area contributed by atoms with E-state index in [-0.39, 0.29) is 29.0 Å². The van der Waals surface area contributed by atoms with Gasteiger partial charge < -0.3 is 33.9 Å². The molecule has 2 fully saturated rings. The maximum atomic E-state index is 13.1. The Morgan fingerprint density at radius 1 is 1.29 bits per heavy atom. The summed E-state index contributed by atoms with van der Waals surface area (Å²) in [5, 5.41) is 12.1. The van der Waals surface area contributed by atoms with Gasteiger partial charge >= 0.3 is 5.97 Å². The van der Waals surface area contributed by atoms with Crippen molar-refractivity contribution in [1.29, 1.82) is 0 Å². The summed E-state index contributed by atoms with van der Waals surface area (Å²) < 4.78 is 24.0. The molecule has 0 spiro atoms. The third-order valence-electron chi connectivity index (χ3n) is 5.09. The van der Waals surface area contributed by atoms with Gasteiger partial charge in [-0.3, -0.25) is 9.59 Å². The lowest BCUT2D eigenvalue weighted by Gasteiger charge is -2.26. The smallest absolute Gasteiger partial charge is 0.343 e. The molecule has 12 nitrogen and oxygen atoms in total. The summed E-state index contributed by atoms with van der Waals surface area (Å²) >= 11 is 0. The van der Waals surface area contributed by atoms with Crippen LogP contribution in [0.4, 0.5) is 5.82 Å². The number of carbonyl (C=O) groups excluding carboxylic acids is 2. The second-order valence-corrected chi connectivity index (χ2v) is 7.69. The van der Waals surface area contributed by atoms with E-state index in [1.165, 1.54) is 24.0 Å². The fourth-order valence-electron chi connectivity index (χ4n) is 3.92. The molecule has 4 heterocycles. The molecule has 4 atom stereocenters. The second kappa shape index (κ2) is 7.64. The van der Waals surface area contributed by atoms with Gasteiger partial charge in [-0.2, -0.15) is 0 Å². The van der Waals surface area contributed by atoms with Crippen molar-refractivity contribution < 1.29 is 33.6 Å². The van der Waals surface area contributed by atoms with Crippen molar-refractivity contribution in [2.45, 2.75) is 51.1 Å². The van der Waals surface area contributed by atoms with Gasteiger partial charge in [0.15, 0.2) is 17.7 Å². The zero-order chi connectivity index (χ0) is 22.5. The minimum absolute atomic E-state index is 0.0563. The van der Waals surface area contributed by atoms with E-state index in [2.05, 4.69) is 15.3 Å². The number of nitrogens with zero attached hydrogens (tertiary/aromatic N) is 3. The molecule has 2 aromatic rings. The SMILES string of the molecule is COC(=O)c1cn(C2O[C@H](CO)[C@H]3OC(C)(C)OC23)c2ncnc(NC(C)=O)c2c1=O. The molecule has 166 valence electrons. The lowest BCUT2D eigenvalue weighted by molar-refractivity contribution is -0.199. The van der Waals surface area contributed by atoms with E-state index >= 15 is 0 Å². The van der Waals surface area contributed by atoms with E-state index in [1.807, 2.05) is 0 Å². The summed E-state index contributed by atoms with van der Waals surface area (Å²) in [4.78, 5) is 45.2. The molecule has 12 heteroatoms. The number of ether oxygens (including phenoxy) is 4. The molecular formula is C19H22N4O8. The number of carbonyl (C=O) groups is 2. The Kier molecular flexibility index (Phi) is 5.25. The quantitative estimate of drug-likeness (QED) is 0.627. The first-order valence-corrected chi connectivity index (χ1v) is 9.54. The fraction of sp³-hybridized carbons (Fsp3) is 0.526. The molecule has 2 aliphatic rings. The number of aliphatic hydroxyl groups excluding tert-OH is 1. The predicted molar refractivity (Wildman–Crippen MR) is 104 cm³/mol. The fourth-order valence-corrected chi connectivity index (χ4v) is 3.92. The molecule has 0 radical (unpaired) electrons. The number of aliphatic hydroxyl groups is 1. The van der Waals surface area contributed by atoms with Gasteiger partial charge in [0.25, 0.3) is 0 Å². The zero-order valence-electron chi connectivity index (χ0n) is 17.3. The number of rotatable bonds is 4. The van der Waals surface area contributed by atoms with Crippen LogP contribution in [0.5, 0.6) is 0 Å². The number of hydrogen-bond acceptors (Lipinski definition) is 10. The van der Waals surface area contributed by atoms with E-state index in [4.69, 9.17) is 18.9 Å². The molecule has 0 aromatic carbocycles. The van der Waals surface area contributed by atoms with E-state index < -0.39 is 47.6 Å². The van der Waals surface area contributed by atoms with E-state index in [0.29, 0.717) is 0 Å². The number of methoxy groups -OCH3 is 1. The van der Waals surface area contributed by atoms with Crippen molar-refractivity contribution in [2.24, 2.45) is 0 Å². The number of nitrogens with one attached hydrogen (secondary N) is 1. The molecule has 2 saturated heterocycles. The number of anilines is 1. The third kappa shape index (κ3) is 3.57. The van der Waals surface area contributed by atoms with Crippen molar-refractivity contribution in [3.63, 3.8) is 0 Å². The Bertz CT molecular complexity index is 1110. The van der Waals surface area contributed by atoms with Crippen LogP contribution in [-0.4, -0.2) is 69.3 Å². The first-order chi connectivity index (χ1) is 14.7. The lowest BCUT2D eigenvalue weighted by atomic mass is 10.1. The topological polar surface area (TPSA) is 151 Å². The van der Waals surface area contributed by atoms with Crippen LogP contribution in [0.25, 0.3) is 11.0 Å². The Hall–Kier alpha value is -2.93. The van der Waals surface area contributed by atoms with E-state index in [0.717, 1.165) is 7.11 Å². The minimum Gasteiger partial charge on any atom is -0.465 e. The van der Waals surface area contributed by atoms with Gasteiger partial charge in [-0.15, -0.1) is 0 Å². The molecule has 0 saturated carbocycles. The van der Waals surface area contributed by atoms with Gasteiger partial charge in [-0.25, -0.2) is 14.8 Å². The number of esters is 1. The monoisotopic (exact) mass is 434 g/mol. The average Bonchev–Trinajstić information content (AvgIpc) is 3.20. The Morgan fingerprint density at radius 2 is 2.00 bits per heavy atom. The Balaban J connectivity index is 1.95. The highest BCUT2D eigenvalue weighted by Gasteiger charge is 2.56. The normalized spacial score (nSPS) is 26.6. The number of aromatic nitrogens is 3. The van der Waals surface area contributed by atoms with Crippen molar-refractivity contribution in [3.05, 3.63) is 28.3 Å². The van der Waals surface area contributed by atoms with Crippen molar-refractivity contribution in [3.8, 4) is 0 Å². The summed E-state index contributed by atoms with van der Waals surface area (Å²) in [6.45, 7) is 4.40. The maximum Gasteiger partial charge on any atom is 0.343 e. The molecule has 0 bridgehead atoms. The van der Waals surface area contributed by atoms with Crippen LogP contribution >= 0.6 is 0 Å². The number of fused-ring (bicyclic) bond motifs is 2. The highest BCUT2D eigenvalue weighted by molar-refractivity contribution is 6.00. The van der Waals surface area contributed by atoms with Gasteiger partial charge in [-0.1, -0.05) is 0 Å². The third-order valence-corrected chi connectivity index (χ3v) is 5.09. The summed E-state index contributed by atoms with van der Waals surface area (Å²) in [5.41, 5.74) is -0.908. The first kappa shape index (κ1) is 21.3. The van der Waals surface area contributed by atoms with Gasteiger partial charge in [0.2, 0.25) is 11.3 Å². The second-order valence-electron chi connectivity index (χ2n) is 7.69. The highest BCUT2D eigenvalue weighted by Crippen LogP contribution is 2.43. The number of amides is 1. The van der Waals surface area contributed by atoms with Gasteiger partial charge in [0.1, 0.15) is 41.4 Å². The van der Waals surface area contributed by atoms with Crippen LogP contribution in [0.3, 0.4) is 0 Å². The lowest BCUT2D eigenvalue weighted by Crippen LogP contribution is -2.31. The number of hydrogen-bond donors (Lipinski definition) is 2. The molecule has 4 rings (SSSR count). The minimum atomic E-state index is -0.929. The summed E-state index contributed by atoms with van der Waals surface area (Å²) in [5.74, 6) is -2.32. The molecule has 31 heavy (non-hydrogen) atoms. The van der Waals surface area contributed by atoms with E-state index in [1.54, 1.807) is 13.8 Å². The van der Waals surface area contributed by atoms with Crippen molar-refractivity contribution in [1.82, 2.24) is 14.5 Å². The highest BCUT2D eigenvalue weighted by atomic mass is 16.8. The van der Waals surface area contributed by atoms with Gasteiger partial charge in [-0.05, 0) is 13.8 Å². The molecule has 2 unspecified atom stereocenters. The summed E-state index contributed by atoms with van der Waals surface area (Å²) in [6.07, 6.45) is -0.412. The van der Waals surface area contributed by atoms with E-state index in [9.17, 15) is 19.5 Å². The van der Waals surface area contributed by atoms with Crippen LogP contribution in [0.15, 0.2) is 17.3 Å². The molecule has 2 N–H and O–H groups in total. The molecule has 1 amide bonds. The summed E-state index contributed by atoms with van der Waals surface area (Å²) in [7, 11) is 1.15. The predicted octanol–water partition coefficient (Wildman–Crippen LogP) is -0.0537. The number of pyridine rings is 1. The first-order valence-electron chi connectivity index (χ1n) is 9.54. The zero-order valence-corrected chi connectivity index (χ0v) is 17.3. The van der Waals surface area contributed by atoms with Crippen molar-refractivity contribution in [2.75, 3.05) is 19.0 Å². The van der Waals surface area contributed by atoms with Crippen LogP contribution in [0, 0.1) is 0 Å². The molecule has 2 aromatic heterocycles.